The highest BCUT2D eigenvalue weighted by Gasteiger charge is 2.67. The van der Waals surface area contributed by atoms with Gasteiger partial charge in [-0.15, -0.1) is 0 Å². The SMILES string of the molecule is CC(=O)N[C@H]1[C@H](O[C@@H]2[C@H](O[C@]3(C(=O)O)C[C@H](O)[C@@H](NC(=O)CO)[C@H]([C@H](O)[C@@H](CO)O[C@]4(C(=O)O)C[C@H](O)[C@@H](NC(=O)CO)[C@H]([C@H](O)[C@@H](CO)O[C@]5(C(=O)O)C[C@H](O)[C@@H](NC(C)=O)[C@H]([C@H](O)[C@H](O)CO)O5)O4)O3)[C@@H](O)[C@H](O[C@H]3[C@H](O)[C@@H](O)[C@H](O)O[C@@H]3CO)O[C@@H]2CO)O[C@H](CO)[C@H](O)[C@@H]1O[C@@H]1O[C@H](CO)[C@H](O)[C@H](O[C@]2(C(=O)O)C[C@H](O)[C@@H](NC(C)=O)[C@H]([C@H](O)[C@H](O)CO)O2)[C@H]1O. The van der Waals surface area contributed by atoms with Gasteiger partial charge in [-0.05, 0) is 0 Å². The molecule has 0 aliphatic carbocycles. The first-order chi connectivity index (χ1) is 61.0. The van der Waals surface area contributed by atoms with Gasteiger partial charge in [0.15, 0.2) is 25.2 Å². The number of carboxylic acid groups (broad SMARTS) is 4. The van der Waals surface area contributed by atoms with Gasteiger partial charge in [0.1, 0.15) is 184 Å². The third-order valence-corrected chi connectivity index (χ3v) is 22.8. The molecule has 0 aromatic heterocycles. The quantitative estimate of drug-likeness (QED) is 0.0270. The Morgan fingerprint density at radius 1 is 0.331 bits per heavy atom. The number of hydrogen-bond donors (Lipinski definition) is 36. The summed E-state index contributed by atoms with van der Waals surface area (Å²) in [5.74, 6) is -30.6. The Hall–Kier alpha value is -6.45. The van der Waals surface area contributed by atoms with Gasteiger partial charge in [-0.25, -0.2) is 19.2 Å². The van der Waals surface area contributed by atoms with E-state index in [1.807, 2.05) is 10.6 Å². The van der Waals surface area contributed by atoms with E-state index in [-0.39, 0.29) is 0 Å². The van der Waals surface area contributed by atoms with Crippen molar-refractivity contribution < 1.29 is 273 Å². The third-order valence-electron chi connectivity index (χ3n) is 22.8. The van der Waals surface area contributed by atoms with Crippen LogP contribution in [0.25, 0.3) is 0 Å². The maximum atomic E-state index is 14.5. The van der Waals surface area contributed by atoms with Gasteiger partial charge in [-0.1, -0.05) is 0 Å². The van der Waals surface area contributed by atoms with Crippen LogP contribution in [0.5, 0.6) is 0 Å². The maximum absolute atomic E-state index is 14.5. The van der Waals surface area contributed by atoms with Crippen molar-refractivity contribution in [3.63, 3.8) is 0 Å². The lowest BCUT2D eigenvalue weighted by Crippen LogP contribution is -2.73. The summed E-state index contributed by atoms with van der Waals surface area (Å²) in [5, 5.41) is 356. The molecule has 748 valence electrons. The van der Waals surface area contributed by atoms with Crippen LogP contribution in [0.3, 0.4) is 0 Å². The molecule has 8 aliphatic rings. The van der Waals surface area contributed by atoms with E-state index in [4.69, 9.17) is 71.1 Å². The van der Waals surface area contributed by atoms with E-state index < -0.39 is 413 Å². The lowest BCUT2D eigenvalue weighted by atomic mass is 9.86. The number of carbonyl (C=O) groups is 9. The molecule has 8 fully saturated rings. The van der Waals surface area contributed by atoms with Crippen molar-refractivity contribution in [1.82, 2.24) is 26.6 Å². The maximum Gasteiger partial charge on any atom is 0.364 e. The molecule has 0 radical (unpaired) electrons. The molecule has 8 saturated heterocycles. The minimum absolute atomic E-state index is 0.758. The summed E-state index contributed by atoms with van der Waals surface area (Å²) in [6.07, 6.45) is -94.3. The Balaban J connectivity index is 1.20. The van der Waals surface area contributed by atoms with Gasteiger partial charge in [0.2, 0.25) is 29.5 Å². The Morgan fingerprint density at radius 3 is 1.00 bits per heavy atom. The molecule has 0 aromatic carbocycles. The van der Waals surface area contributed by atoms with Crippen molar-refractivity contribution in [3.8, 4) is 0 Å². The Kier molecular flexibility index (Phi) is 38.5. The fourth-order valence-electron chi connectivity index (χ4n) is 16.3. The van der Waals surface area contributed by atoms with Gasteiger partial charge in [0.05, 0.1) is 101 Å². The smallest absolute Gasteiger partial charge is 0.364 e. The molecule has 0 bridgehead atoms. The summed E-state index contributed by atoms with van der Waals surface area (Å²) in [6, 6.07) is -10.9. The van der Waals surface area contributed by atoms with Gasteiger partial charge in [-0.2, -0.15) is 0 Å². The molecule has 44 atom stereocenters. The molecular weight excluding hydrogens is 1790 g/mol. The summed E-state index contributed by atoms with van der Waals surface area (Å²) >= 11 is 0. The number of aliphatic carboxylic acids is 4. The molecule has 0 spiro atoms. The van der Waals surface area contributed by atoms with E-state index in [9.17, 15) is 201 Å². The van der Waals surface area contributed by atoms with Crippen LogP contribution in [0.15, 0.2) is 0 Å². The van der Waals surface area contributed by atoms with Crippen molar-refractivity contribution in [3.05, 3.63) is 0 Å². The van der Waals surface area contributed by atoms with E-state index in [1.54, 1.807) is 0 Å². The highest BCUT2D eigenvalue weighted by atomic mass is 16.8. The molecule has 36 N–H and O–H groups in total. The second-order valence-corrected chi connectivity index (χ2v) is 31.8. The second-order valence-electron chi connectivity index (χ2n) is 31.8. The Labute approximate surface area is 730 Å². The number of aliphatic hydroxyl groups is 27. The summed E-state index contributed by atoms with van der Waals surface area (Å²) in [7, 11) is 0. The van der Waals surface area contributed by atoms with Gasteiger partial charge in [-0.3, -0.25) is 24.0 Å². The highest BCUT2D eigenvalue weighted by Crippen LogP contribution is 2.46. The molecule has 60 heteroatoms. The van der Waals surface area contributed by atoms with E-state index in [2.05, 4.69) is 16.0 Å². The molecule has 8 heterocycles. The largest absolute Gasteiger partial charge is 0.477 e. The molecule has 0 saturated carbocycles. The number of carbonyl (C=O) groups excluding carboxylic acids is 5. The first kappa shape index (κ1) is 109. The predicted molar refractivity (Wildman–Crippen MR) is 394 cm³/mol. The van der Waals surface area contributed by atoms with Crippen molar-refractivity contribution in [1.29, 1.82) is 0 Å². The van der Waals surface area contributed by atoms with E-state index in [1.165, 1.54) is 0 Å². The van der Waals surface area contributed by atoms with E-state index >= 15 is 0 Å². The standard InChI is InChI=1S/C70H113N5O55/c1-18(86)71-35-21(89)4-67(63(108)109,125-53(35)40(97)25(93)8-76)123-29(12-80)44(101)55-37(74-33(95)16-84)23(91)5-68(127-55,64(110)111)124-30(13-81)45(102)56-38(75-34(96)17-85)24(92)7-70(128-56,66(114)115)130-58-49(106)62(120-50-31(14-82)116-59(107)47(104)46(50)103)119-32(15-83)51(58)121-60-39(73-20(3)88)52(42(99)27(10-78)117-60)122-61-48(105)57(43(100)28(11-79)118-61)129-69(65(112)113)6-22(90)36(72-19(2)87)54(126-69)41(98)26(94)9-77/h21-32,35-62,76-85,89-94,97-107H,4-17H2,1-3H3,(H,71,86)(H,72,87)(H,73,88)(H,74,95)(H,75,96)(H,108,109)(H,110,111)(H,112,113)(H,114,115)/t21-,22-,23-,24-,25+,26+,27+,28+,29+,30+,31+,32+,35+,36+,37+,38+,39+,40+,41+,42-,43-,44+,45+,46+,47+,48+,49+,50+,51-,52+,53+,54+,55+,56+,57-,58+,59+,60-,61-,62-,67+,68+,69-,70-/m0/s1. The lowest BCUT2D eigenvalue weighted by molar-refractivity contribution is -0.405. The van der Waals surface area contributed by atoms with Crippen LogP contribution in [0.4, 0.5) is 0 Å². The zero-order valence-electron chi connectivity index (χ0n) is 68.7. The summed E-state index contributed by atoms with van der Waals surface area (Å²) in [6.45, 7) is -12.2. The predicted octanol–water partition coefficient (Wildman–Crippen LogP) is -23.0. The number of carboxylic acids is 4. The van der Waals surface area contributed by atoms with E-state index in [0.29, 0.717) is 0 Å². The fraction of sp³-hybridized carbons (Fsp3) is 0.871. The number of ether oxygens (including phenoxy) is 15. The topological polar surface area (TPSA) is 979 Å². The highest BCUT2D eigenvalue weighted by molar-refractivity contribution is 5.80. The number of nitrogens with one attached hydrogen (secondary N) is 5. The first-order valence-corrected chi connectivity index (χ1v) is 40.0. The summed E-state index contributed by atoms with van der Waals surface area (Å²) in [4.78, 5) is 119. The molecule has 5 amide bonds. The van der Waals surface area contributed by atoms with Crippen LogP contribution >= 0.6 is 0 Å². The molecule has 0 unspecified atom stereocenters. The molecule has 8 aliphatic heterocycles. The molecule has 130 heavy (non-hydrogen) atoms. The monoisotopic (exact) mass is 1900 g/mol. The average Bonchev–Trinajstić information content (AvgIpc) is 0.745. The summed E-state index contributed by atoms with van der Waals surface area (Å²) in [5.41, 5.74) is 0. The van der Waals surface area contributed by atoms with Crippen LogP contribution in [-0.2, 0) is 114 Å². The van der Waals surface area contributed by atoms with Gasteiger partial charge in [0, 0.05) is 46.5 Å². The number of aliphatic hydroxyl groups excluding tert-OH is 27. The minimum atomic E-state index is -3.97. The molecule has 60 nitrogen and oxygen atoms in total. The fourth-order valence-corrected chi connectivity index (χ4v) is 16.3. The Bertz CT molecular complexity index is 3760. The normalized spacial score (nSPS) is 42.0. The zero-order valence-corrected chi connectivity index (χ0v) is 68.7. The third kappa shape index (κ3) is 23.6. The number of amides is 5. The first-order valence-electron chi connectivity index (χ1n) is 40.0. The van der Waals surface area contributed by atoms with Crippen molar-refractivity contribution in [2.45, 2.75) is 314 Å². The van der Waals surface area contributed by atoms with Crippen LogP contribution in [0.1, 0.15) is 46.5 Å². The average molecular weight is 1900 g/mol. The number of hydrogen-bond acceptors (Lipinski definition) is 51. The molecular formula is C70H113N5O55. The van der Waals surface area contributed by atoms with Crippen molar-refractivity contribution in [2.75, 3.05) is 66.1 Å². The number of rotatable bonds is 41. The van der Waals surface area contributed by atoms with Crippen molar-refractivity contribution >= 4 is 53.4 Å². The van der Waals surface area contributed by atoms with E-state index in [0.717, 1.165) is 20.8 Å². The van der Waals surface area contributed by atoms with Gasteiger partial charge < -0.3 is 256 Å². The van der Waals surface area contributed by atoms with Crippen molar-refractivity contribution in [2.24, 2.45) is 0 Å². The van der Waals surface area contributed by atoms with Crippen LogP contribution in [0, 0.1) is 0 Å². The van der Waals surface area contributed by atoms with Gasteiger partial charge in [0.25, 0.3) is 23.1 Å². The van der Waals surface area contributed by atoms with Crippen LogP contribution in [-0.4, -0.2) is 546 Å². The minimum Gasteiger partial charge on any atom is -0.477 e. The van der Waals surface area contributed by atoms with Crippen LogP contribution < -0.4 is 26.6 Å². The van der Waals surface area contributed by atoms with Crippen LogP contribution in [0.2, 0.25) is 0 Å². The van der Waals surface area contributed by atoms with Gasteiger partial charge >= 0.3 is 23.9 Å². The zero-order chi connectivity index (χ0) is 97.3. The Morgan fingerprint density at radius 2 is 0.638 bits per heavy atom. The second kappa shape index (κ2) is 45.9. The summed E-state index contributed by atoms with van der Waals surface area (Å²) < 4.78 is 87.2. The molecule has 0 aromatic rings. The lowest BCUT2D eigenvalue weighted by Gasteiger charge is -2.53. The molecule has 8 rings (SSSR count).